The number of benzene rings is 1. The van der Waals surface area contributed by atoms with Crippen LogP contribution in [0.3, 0.4) is 0 Å². The van der Waals surface area contributed by atoms with E-state index in [4.69, 9.17) is 0 Å². The summed E-state index contributed by atoms with van der Waals surface area (Å²) in [5.74, 6) is -2.34. The van der Waals surface area contributed by atoms with E-state index in [1.165, 1.54) is 18.0 Å². The molecule has 0 atom stereocenters. The topological polar surface area (TPSA) is 33.2 Å². The van der Waals surface area contributed by atoms with Crippen LogP contribution in [0.15, 0.2) is 42.7 Å². The van der Waals surface area contributed by atoms with Crippen LogP contribution in [0.5, 0.6) is 0 Å². The van der Waals surface area contributed by atoms with E-state index in [0.717, 1.165) is 17.7 Å². The fourth-order valence-electron chi connectivity index (χ4n) is 1.84. The second-order valence-corrected chi connectivity index (χ2v) is 4.43. The first kappa shape index (κ1) is 14.1. The van der Waals surface area contributed by atoms with E-state index in [0.29, 0.717) is 13.0 Å². The van der Waals surface area contributed by atoms with Crippen LogP contribution in [0.1, 0.15) is 15.9 Å². The SMILES string of the molecule is CN(CCc1ccncc1)C(=O)c1c(F)cccc1F. The van der Waals surface area contributed by atoms with Gasteiger partial charge in [0.15, 0.2) is 0 Å². The van der Waals surface area contributed by atoms with Gasteiger partial charge in [0.2, 0.25) is 0 Å². The van der Waals surface area contributed by atoms with Crippen LogP contribution < -0.4 is 0 Å². The van der Waals surface area contributed by atoms with Gasteiger partial charge in [-0.3, -0.25) is 9.78 Å². The standard InChI is InChI=1S/C15H14F2N2O/c1-19(10-7-11-5-8-18-9-6-11)15(20)14-12(16)3-2-4-13(14)17/h2-6,8-9H,7,10H2,1H3. The summed E-state index contributed by atoms with van der Waals surface area (Å²) < 4.78 is 27.1. The third-order valence-corrected chi connectivity index (χ3v) is 3.01. The number of likely N-dealkylation sites (N-methyl/N-ethyl adjacent to an activating group) is 1. The van der Waals surface area contributed by atoms with Crippen LogP contribution in [-0.4, -0.2) is 29.4 Å². The molecule has 20 heavy (non-hydrogen) atoms. The van der Waals surface area contributed by atoms with Crippen LogP contribution >= 0.6 is 0 Å². The van der Waals surface area contributed by atoms with Crippen LogP contribution in [0.4, 0.5) is 8.78 Å². The fourth-order valence-corrected chi connectivity index (χ4v) is 1.84. The van der Waals surface area contributed by atoms with Crippen molar-refractivity contribution in [3.63, 3.8) is 0 Å². The minimum atomic E-state index is -0.842. The summed E-state index contributed by atoms with van der Waals surface area (Å²) in [5.41, 5.74) is 0.499. The highest BCUT2D eigenvalue weighted by Crippen LogP contribution is 2.14. The molecule has 0 spiro atoms. The maximum absolute atomic E-state index is 13.5. The normalized spacial score (nSPS) is 10.3. The molecule has 0 bridgehead atoms. The molecule has 0 saturated heterocycles. The molecule has 5 heteroatoms. The van der Waals surface area contributed by atoms with Gasteiger partial charge < -0.3 is 4.90 Å². The predicted molar refractivity (Wildman–Crippen MR) is 71.3 cm³/mol. The smallest absolute Gasteiger partial charge is 0.259 e. The van der Waals surface area contributed by atoms with E-state index in [1.54, 1.807) is 12.4 Å². The highest BCUT2D eigenvalue weighted by Gasteiger charge is 2.20. The van der Waals surface area contributed by atoms with Crippen LogP contribution in [0, 0.1) is 11.6 Å². The molecule has 0 aliphatic carbocycles. The first-order valence-corrected chi connectivity index (χ1v) is 6.18. The Balaban J connectivity index is 2.06. The molecule has 0 fully saturated rings. The van der Waals surface area contributed by atoms with Gasteiger partial charge in [0.25, 0.3) is 5.91 Å². The Bertz CT molecular complexity index is 582. The monoisotopic (exact) mass is 276 g/mol. The zero-order valence-corrected chi connectivity index (χ0v) is 11.0. The summed E-state index contributed by atoms with van der Waals surface area (Å²) in [6, 6.07) is 7.06. The Morgan fingerprint density at radius 3 is 2.35 bits per heavy atom. The third-order valence-electron chi connectivity index (χ3n) is 3.01. The van der Waals surface area contributed by atoms with Crippen molar-refractivity contribution in [3.05, 3.63) is 65.5 Å². The van der Waals surface area contributed by atoms with Crippen molar-refractivity contribution in [2.24, 2.45) is 0 Å². The Morgan fingerprint density at radius 2 is 1.75 bits per heavy atom. The van der Waals surface area contributed by atoms with E-state index in [9.17, 15) is 13.6 Å². The number of amides is 1. The van der Waals surface area contributed by atoms with E-state index in [-0.39, 0.29) is 0 Å². The molecule has 2 aromatic rings. The number of rotatable bonds is 4. The van der Waals surface area contributed by atoms with Gasteiger partial charge >= 0.3 is 0 Å². The Morgan fingerprint density at radius 1 is 1.15 bits per heavy atom. The number of nitrogens with zero attached hydrogens (tertiary/aromatic N) is 2. The zero-order valence-electron chi connectivity index (χ0n) is 11.0. The average molecular weight is 276 g/mol. The molecule has 3 nitrogen and oxygen atoms in total. The molecule has 1 heterocycles. The van der Waals surface area contributed by atoms with Gasteiger partial charge in [-0.2, -0.15) is 0 Å². The van der Waals surface area contributed by atoms with Crippen LogP contribution in [0.25, 0.3) is 0 Å². The predicted octanol–water partition coefficient (Wildman–Crippen LogP) is 2.67. The zero-order chi connectivity index (χ0) is 14.5. The van der Waals surface area contributed by atoms with Gasteiger partial charge in [-0.05, 0) is 36.2 Å². The molecule has 0 unspecified atom stereocenters. The summed E-state index contributed by atoms with van der Waals surface area (Å²) in [4.78, 5) is 17.2. The quantitative estimate of drug-likeness (QED) is 0.860. The molecule has 0 saturated carbocycles. The number of carbonyl (C=O) groups excluding carboxylic acids is 1. The highest BCUT2D eigenvalue weighted by atomic mass is 19.1. The number of hydrogen-bond donors (Lipinski definition) is 0. The van der Waals surface area contributed by atoms with E-state index in [1.807, 2.05) is 12.1 Å². The Hall–Kier alpha value is -2.30. The molecule has 1 aromatic carbocycles. The minimum Gasteiger partial charge on any atom is -0.341 e. The van der Waals surface area contributed by atoms with Crippen molar-refractivity contribution < 1.29 is 13.6 Å². The van der Waals surface area contributed by atoms with E-state index < -0.39 is 23.1 Å². The lowest BCUT2D eigenvalue weighted by molar-refractivity contribution is 0.0787. The molecule has 1 aromatic heterocycles. The van der Waals surface area contributed by atoms with Crippen LogP contribution in [-0.2, 0) is 6.42 Å². The molecule has 0 aliphatic heterocycles. The molecule has 0 aliphatic rings. The minimum absolute atomic E-state index is 0.372. The number of aromatic nitrogens is 1. The number of hydrogen-bond acceptors (Lipinski definition) is 2. The first-order valence-electron chi connectivity index (χ1n) is 6.18. The molecular formula is C15H14F2N2O. The molecule has 1 amide bonds. The van der Waals surface area contributed by atoms with Crippen molar-refractivity contribution in [1.82, 2.24) is 9.88 Å². The number of pyridine rings is 1. The van der Waals surface area contributed by atoms with Crippen molar-refractivity contribution >= 4 is 5.91 Å². The molecule has 0 radical (unpaired) electrons. The van der Waals surface area contributed by atoms with Crippen molar-refractivity contribution in [1.29, 1.82) is 0 Å². The average Bonchev–Trinajstić information content (AvgIpc) is 2.45. The molecule has 0 N–H and O–H groups in total. The summed E-state index contributed by atoms with van der Waals surface area (Å²) >= 11 is 0. The summed E-state index contributed by atoms with van der Waals surface area (Å²) in [7, 11) is 1.52. The lowest BCUT2D eigenvalue weighted by Gasteiger charge is -2.17. The van der Waals surface area contributed by atoms with E-state index >= 15 is 0 Å². The Labute approximate surface area is 115 Å². The lowest BCUT2D eigenvalue weighted by atomic mass is 10.1. The van der Waals surface area contributed by atoms with Gasteiger partial charge in [-0.25, -0.2) is 8.78 Å². The second kappa shape index (κ2) is 6.23. The van der Waals surface area contributed by atoms with Crippen molar-refractivity contribution in [2.45, 2.75) is 6.42 Å². The van der Waals surface area contributed by atoms with Gasteiger partial charge in [0.05, 0.1) is 0 Å². The largest absolute Gasteiger partial charge is 0.341 e. The van der Waals surface area contributed by atoms with Crippen molar-refractivity contribution in [2.75, 3.05) is 13.6 Å². The maximum Gasteiger partial charge on any atom is 0.259 e. The second-order valence-electron chi connectivity index (χ2n) is 4.43. The molecular weight excluding hydrogens is 262 g/mol. The van der Waals surface area contributed by atoms with Crippen molar-refractivity contribution in [3.8, 4) is 0 Å². The molecule has 2 rings (SSSR count). The summed E-state index contributed by atoms with van der Waals surface area (Å²) in [6.45, 7) is 0.372. The number of halogens is 2. The number of carbonyl (C=O) groups is 1. The maximum atomic E-state index is 13.5. The van der Waals surface area contributed by atoms with Gasteiger partial charge in [0, 0.05) is 26.0 Å². The van der Waals surface area contributed by atoms with Crippen LogP contribution in [0.2, 0.25) is 0 Å². The van der Waals surface area contributed by atoms with Gasteiger partial charge in [-0.15, -0.1) is 0 Å². The highest BCUT2D eigenvalue weighted by molar-refractivity contribution is 5.94. The Kier molecular flexibility index (Phi) is 4.40. The van der Waals surface area contributed by atoms with Gasteiger partial charge in [0.1, 0.15) is 17.2 Å². The first-order chi connectivity index (χ1) is 9.59. The molecule has 104 valence electrons. The lowest BCUT2D eigenvalue weighted by Crippen LogP contribution is -2.30. The van der Waals surface area contributed by atoms with E-state index in [2.05, 4.69) is 4.98 Å². The van der Waals surface area contributed by atoms with Gasteiger partial charge in [-0.1, -0.05) is 6.07 Å². The third kappa shape index (κ3) is 3.17. The fraction of sp³-hybridized carbons (Fsp3) is 0.200. The summed E-state index contributed by atoms with van der Waals surface area (Å²) in [5, 5.41) is 0. The summed E-state index contributed by atoms with van der Waals surface area (Å²) in [6.07, 6.45) is 3.92.